The van der Waals surface area contributed by atoms with E-state index in [1.807, 2.05) is 17.5 Å². The van der Waals surface area contributed by atoms with Gasteiger partial charge in [0.15, 0.2) is 0 Å². The van der Waals surface area contributed by atoms with Crippen LogP contribution in [0.1, 0.15) is 11.3 Å². The number of ether oxygens (including phenoxy) is 2. The molecule has 0 aromatic carbocycles. The smallest absolute Gasteiger partial charge is 0.0897 e. The molecule has 0 spiro atoms. The Kier molecular flexibility index (Phi) is 8.98. The molecule has 0 fully saturated rings. The topological polar surface area (TPSA) is 71.0 Å². The molecule has 1 aromatic rings. The molecule has 3 N–H and O–H groups in total. The van der Waals surface area contributed by atoms with Gasteiger partial charge in [-0.2, -0.15) is 0 Å². The summed E-state index contributed by atoms with van der Waals surface area (Å²) in [5.41, 5.74) is 0. The summed E-state index contributed by atoms with van der Waals surface area (Å²) in [7, 11) is 1.62. The molecule has 110 valence electrons. The van der Waals surface area contributed by atoms with Crippen LogP contribution in [-0.2, 0) is 16.1 Å². The molecule has 1 aromatic heterocycles. The monoisotopic (exact) mass is 289 g/mol. The molecule has 0 aliphatic rings. The first-order valence-electron chi connectivity index (χ1n) is 6.37. The Morgan fingerprint density at radius 3 is 2.89 bits per heavy atom. The maximum absolute atomic E-state index is 9.78. The quantitative estimate of drug-likeness (QED) is 0.557. The van der Waals surface area contributed by atoms with E-state index in [4.69, 9.17) is 14.6 Å². The zero-order valence-electron chi connectivity index (χ0n) is 11.2. The van der Waals surface area contributed by atoms with E-state index in [0.717, 1.165) is 4.88 Å². The van der Waals surface area contributed by atoms with Gasteiger partial charge in [0.25, 0.3) is 0 Å². The fraction of sp³-hybridized carbons (Fsp3) is 0.692. The van der Waals surface area contributed by atoms with Crippen molar-refractivity contribution in [1.29, 1.82) is 0 Å². The first kappa shape index (κ1) is 16.6. The standard InChI is InChI=1S/C13H23NO4S/c1-17-8-11(4-5-15)14-7-12(16)9-18-10-13-3-2-6-19-13/h2-3,6,11-12,14-16H,4-5,7-10H2,1H3. The Bertz CT molecular complexity index is 302. The minimum absolute atomic E-state index is 0.0574. The molecule has 2 atom stereocenters. The Labute approximate surface area is 118 Å². The molecule has 0 amide bonds. The molecule has 0 bridgehead atoms. The summed E-state index contributed by atoms with van der Waals surface area (Å²) >= 11 is 1.64. The molecule has 0 saturated heterocycles. The molecule has 1 heterocycles. The second-order valence-electron chi connectivity index (χ2n) is 4.32. The molecule has 1 rings (SSSR count). The second kappa shape index (κ2) is 10.3. The van der Waals surface area contributed by atoms with Gasteiger partial charge in [0.2, 0.25) is 0 Å². The summed E-state index contributed by atoms with van der Waals surface area (Å²) in [6.45, 7) is 1.88. The summed E-state index contributed by atoms with van der Waals surface area (Å²) in [5, 5.41) is 23.8. The minimum atomic E-state index is -0.557. The van der Waals surface area contributed by atoms with E-state index in [1.54, 1.807) is 18.4 Å². The van der Waals surface area contributed by atoms with E-state index < -0.39 is 6.10 Å². The van der Waals surface area contributed by atoms with Crippen molar-refractivity contribution < 1.29 is 19.7 Å². The summed E-state index contributed by atoms with van der Waals surface area (Å²) in [5.74, 6) is 0. The molecule has 0 aliphatic heterocycles. The summed E-state index contributed by atoms with van der Waals surface area (Å²) < 4.78 is 10.5. The van der Waals surface area contributed by atoms with Gasteiger partial charge in [-0.3, -0.25) is 0 Å². The lowest BCUT2D eigenvalue weighted by Gasteiger charge is -2.19. The molecular formula is C13H23NO4S. The fourth-order valence-corrected chi connectivity index (χ4v) is 2.29. The Balaban J connectivity index is 2.10. The lowest BCUT2D eigenvalue weighted by molar-refractivity contribution is 0.0262. The molecule has 0 radical (unpaired) electrons. The second-order valence-corrected chi connectivity index (χ2v) is 5.35. The molecule has 6 heteroatoms. The summed E-state index contributed by atoms with van der Waals surface area (Å²) in [6, 6.07) is 4.04. The highest BCUT2D eigenvalue weighted by molar-refractivity contribution is 7.09. The molecule has 0 saturated carbocycles. The van der Waals surface area contributed by atoms with E-state index in [9.17, 15) is 5.11 Å². The van der Waals surface area contributed by atoms with Gasteiger partial charge < -0.3 is 25.0 Å². The van der Waals surface area contributed by atoms with Gasteiger partial charge >= 0.3 is 0 Å². The van der Waals surface area contributed by atoms with Crippen LogP contribution in [0, 0.1) is 0 Å². The Hall–Kier alpha value is -0.500. The number of methoxy groups -OCH3 is 1. The van der Waals surface area contributed by atoms with Crippen molar-refractivity contribution in [2.45, 2.75) is 25.2 Å². The van der Waals surface area contributed by atoms with Crippen LogP contribution in [0.25, 0.3) is 0 Å². The predicted molar refractivity (Wildman–Crippen MR) is 75.4 cm³/mol. The van der Waals surface area contributed by atoms with Crippen LogP contribution in [0.3, 0.4) is 0 Å². The average molecular weight is 289 g/mol. The van der Waals surface area contributed by atoms with Crippen LogP contribution < -0.4 is 5.32 Å². The summed E-state index contributed by atoms with van der Waals surface area (Å²) in [6.07, 6.45) is 0.0504. The van der Waals surface area contributed by atoms with Gasteiger partial charge in [-0.1, -0.05) is 6.07 Å². The van der Waals surface area contributed by atoms with Crippen LogP contribution in [0.5, 0.6) is 0 Å². The highest BCUT2D eigenvalue weighted by Gasteiger charge is 2.10. The minimum Gasteiger partial charge on any atom is -0.396 e. The maximum Gasteiger partial charge on any atom is 0.0897 e. The van der Waals surface area contributed by atoms with Gasteiger partial charge in [-0.25, -0.2) is 0 Å². The lowest BCUT2D eigenvalue weighted by atomic mass is 10.2. The van der Waals surface area contributed by atoms with Crippen molar-refractivity contribution in [1.82, 2.24) is 5.32 Å². The number of rotatable bonds is 11. The number of hydrogen-bond donors (Lipinski definition) is 3. The van der Waals surface area contributed by atoms with E-state index in [-0.39, 0.29) is 12.6 Å². The van der Waals surface area contributed by atoms with Crippen LogP contribution in [0.4, 0.5) is 0 Å². The van der Waals surface area contributed by atoms with Crippen LogP contribution in [0.2, 0.25) is 0 Å². The van der Waals surface area contributed by atoms with Crippen molar-refractivity contribution in [3.05, 3.63) is 22.4 Å². The van der Waals surface area contributed by atoms with Crippen LogP contribution in [0.15, 0.2) is 17.5 Å². The number of nitrogens with one attached hydrogen (secondary N) is 1. The Morgan fingerprint density at radius 2 is 2.26 bits per heavy atom. The number of aliphatic hydroxyl groups excluding tert-OH is 2. The van der Waals surface area contributed by atoms with E-state index >= 15 is 0 Å². The SMILES string of the molecule is COCC(CCO)NCC(O)COCc1cccs1. The first-order chi connectivity index (χ1) is 9.26. The molecule has 0 aliphatic carbocycles. The summed E-state index contributed by atoms with van der Waals surface area (Å²) in [4.78, 5) is 1.15. The third-order valence-corrected chi connectivity index (χ3v) is 3.47. The number of aliphatic hydroxyl groups is 2. The highest BCUT2D eigenvalue weighted by Crippen LogP contribution is 2.09. The normalized spacial score (nSPS) is 14.5. The van der Waals surface area contributed by atoms with E-state index in [2.05, 4.69) is 5.32 Å². The van der Waals surface area contributed by atoms with Gasteiger partial charge in [0, 0.05) is 31.2 Å². The zero-order valence-corrected chi connectivity index (χ0v) is 12.1. The third-order valence-electron chi connectivity index (χ3n) is 2.62. The number of hydrogen-bond acceptors (Lipinski definition) is 6. The first-order valence-corrected chi connectivity index (χ1v) is 7.25. The van der Waals surface area contributed by atoms with Crippen molar-refractivity contribution in [3.63, 3.8) is 0 Å². The number of thiophene rings is 1. The van der Waals surface area contributed by atoms with Crippen molar-refractivity contribution in [2.24, 2.45) is 0 Å². The van der Waals surface area contributed by atoms with Crippen molar-refractivity contribution >= 4 is 11.3 Å². The molecule has 5 nitrogen and oxygen atoms in total. The van der Waals surface area contributed by atoms with Crippen molar-refractivity contribution in [3.8, 4) is 0 Å². The largest absolute Gasteiger partial charge is 0.396 e. The maximum atomic E-state index is 9.78. The van der Waals surface area contributed by atoms with Gasteiger partial charge in [-0.05, 0) is 17.9 Å². The van der Waals surface area contributed by atoms with Gasteiger partial charge in [0.05, 0.1) is 25.9 Å². The Morgan fingerprint density at radius 1 is 1.42 bits per heavy atom. The van der Waals surface area contributed by atoms with E-state index in [0.29, 0.717) is 32.8 Å². The predicted octanol–water partition coefficient (Wildman–Crippen LogP) is 0.613. The van der Waals surface area contributed by atoms with Gasteiger partial charge in [-0.15, -0.1) is 11.3 Å². The lowest BCUT2D eigenvalue weighted by Crippen LogP contribution is -2.40. The third kappa shape index (κ3) is 7.61. The average Bonchev–Trinajstić information content (AvgIpc) is 2.90. The van der Waals surface area contributed by atoms with E-state index in [1.165, 1.54) is 0 Å². The van der Waals surface area contributed by atoms with Gasteiger partial charge in [0.1, 0.15) is 0 Å². The van der Waals surface area contributed by atoms with Crippen LogP contribution >= 0.6 is 11.3 Å². The highest BCUT2D eigenvalue weighted by atomic mass is 32.1. The van der Waals surface area contributed by atoms with Crippen LogP contribution in [-0.4, -0.2) is 55.8 Å². The fourth-order valence-electron chi connectivity index (χ4n) is 1.65. The molecule has 2 unspecified atom stereocenters. The van der Waals surface area contributed by atoms with Crippen molar-refractivity contribution in [2.75, 3.05) is 33.5 Å². The molecule has 19 heavy (non-hydrogen) atoms. The zero-order chi connectivity index (χ0) is 13.9. The molecular weight excluding hydrogens is 266 g/mol.